The summed E-state index contributed by atoms with van der Waals surface area (Å²) in [5.74, 6) is 0. The maximum Gasteiger partial charge on any atom is 1.00 e. The Balaban J connectivity index is 0.000000810. The number of carboxylic acid groups (broad SMARTS) is 1. The average molecular weight is 148 g/mol. The van der Waals surface area contributed by atoms with Crippen molar-refractivity contribution in [2.75, 3.05) is 6.54 Å². The minimum Gasteiger partial charge on any atom is -0.530 e. The zero-order valence-electron chi connectivity index (χ0n) is 5.65. The maximum absolute atomic E-state index is 10.1. The van der Waals surface area contributed by atoms with Gasteiger partial charge in [-0.1, -0.05) is 0 Å². The van der Waals surface area contributed by atoms with Crippen LogP contribution < -0.4 is 34.7 Å². The van der Waals surface area contributed by atoms with Crippen molar-refractivity contribution in [3.63, 3.8) is 0 Å². The van der Waals surface area contributed by atoms with Crippen LogP contribution in [0.3, 0.4) is 0 Å². The summed E-state index contributed by atoms with van der Waals surface area (Å²) in [7, 11) is 0. The Morgan fingerprint density at radius 3 is 2.70 bits per heavy atom. The van der Waals surface area contributed by atoms with E-state index in [9.17, 15) is 9.90 Å². The van der Waals surface area contributed by atoms with Crippen molar-refractivity contribution < 1.29 is 39.5 Å². The Kier molecular flexibility index (Phi) is 4.34. The van der Waals surface area contributed by atoms with Crippen molar-refractivity contribution in [3.05, 3.63) is 12.4 Å². The number of rotatable bonds is 0. The minimum absolute atomic E-state index is 0. The van der Waals surface area contributed by atoms with E-state index >= 15 is 0 Å². The third kappa shape index (κ3) is 2.51. The monoisotopic (exact) mass is 148 g/mol. The van der Waals surface area contributed by atoms with Crippen LogP contribution >= 0.6 is 0 Å². The van der Waals surface area contributed by atoms with E-state index in [1.165, 1.54) is 18.6 Å². The summed E-state index contributed by atoms with van der Waals surface area (Å²) >= 11 is 0. The molecular weight excluding hydrogens is 143 g/mol. The number of aliphatic imine (C=N–C) groups is 1. The van der Waals surface area contributed by atoms with Crippen molar-refractivity contribution in [1.29, 1.82) is 0 Å². The van der Waals surface area contributed by atoms with Gasteiger partial charge in [-0.3, -0.25) is 4.99 Å². The molecule has 1 rings (SSSR count). The molecule has 0 radical (unpaired) electrons. The molecule has 0 spiro atoms. The van der Waals surface area contributed by atoms with Crippen LogP contribution in [0.2, 0.25) is 0 Å². The van der Waals surface area contributed by atoms with E-state index in [-0.39, 0.29) is 29.6 Å². The summed E-state index contributed by atoms with van der Waals surface area (Å²) in [6.07, 6.45) is 3.06. The number of carbonyl (C=O) groups is 1. The van der Waals surface area contributed by atoms with E-state index in [1.807, 2.05) is 0 Å². The van der Waals surface area contributed by atoms with Gasteiger partial charge in [0, 0.05) is 18.6 Å². The summed E-state index contributed by atoms with van der Waals surface area (Å²) in [6, 6.07) is 0. The molecule has 4 nitrogen and oxygen atoms in total. The van der Waals surface area contributed by atoms with E-state index in [2.05, 4.69) is 4.99 Å². The molecular formula is C5H5N2NaO2. The van der Waals surface area contributed by atoms with Crippen molar-refractivity contribution in [3.8, 4) is 0 Å². The van der Waals surface area contributed by atoms with E-state index in [0.29, 0.717) is 6.54 Å². The van der Waals surface area contributed by atoms with Gasteiger partial charge >= 0.3 is 29.6 Å². The van der Waals surface area contributed by atoms with Gasteiger partial charge in [0.15, 0.2) is 0 Å². The second-order valence-electron chi connectivity index (χ2n) is 1.55. The predicted molar refractivity (Wildman–Crippen MR) is 29.7 cm³/mol. The Bertz CT molecular complexity index is 178. The third-order valence-electron chi connectivity index (χ3n) is 0.951. The van der Waals surface area contributed by atoms with E-state index in [0.717, 1.165) is 4.90 Å². The summed E-state index contributed by atoms with van der Waals surface area (Å²) in [4.78, 5) is 14.8. The fourth-order valence-corrected chi connectivity index (χ4v) is 0.511. The van der Waals surface area contributed by atoms with Crippen LogP contribution in [0.5, 0.6) is 0 Å². The molecule has 0 aromatic heterocycles. The number of hydrogen-bond acceptors (Lipinski definition) is 3. The molecule has 0 unspecified atom stereocenters. The van der Waals surface area contributed by atoms with Crippen LogP contribution in [0.1, 0.15) is 0 Å². The molecule has 1 amide bonds. The van der Waals surface area contributed by atoms with Crippen LogP contribution in [-0.2, 0) is 0 Å². The fraction of sp³-hybridized carbons (Fsp3) is 0.200. The van der Waals surface area contributed by atoms with E-state index in [4.69, 9.17) is 0 Å². The molecule has 0 bridgehead atoms. The minimum atomic E-state index is -1.20. The smallest absolute Gasteiger partial charge is 0.530 e. The fourth-order valence-electron chi connectivity index (χ4n) is 0.511. The van der Waals surface area contributed by atoms with E-state index < -0.39 is 6.09 Å². The predicted octanol–water partition coefficient (Wildman–Crippen LogP) is -3.81. The molecule has 0 aromatic carbocycles. The largest absolute Gasteiger partial charge is 1.00 e. The molecule has 0 fully saturated rings. The summed E-state index contributed by atoms with van der Waals surface area (Å²) in [5, 5.41) is 10.1. The molecule has 0 saturated carbocycles. The SMILES string of the molecule is O=C([O-])N1C=CN=CC1.[Na+]. The first kappa shape index (κ1) is 9.68. The van der Waals surface area contributed by atoms with Gasteiger partial charge in [-0.15, -0.1) is 0 Å². The van der Waals surface area contributed by atoms with Gasteiger partial charge in [-0.2, -0.15) is 0 Å². The number of hydrogen-bond donors (Lipinski definition) is 0. The summed E-state index contributed by atoms with van der Waals surface area (Å²) in [6.45, 7) is 0.291. The topological polar surface area (TPSA) is 55.7 Å². The van der Waals surface area contributed by atoms with Crippen molar-refractivity contribution in [2.24, 2.45) is 4.99 Å². The Morgan fingerprint density at radius 1 is 1.70 bits per heavy atom. The first-order valence-electron chi connectivity index (χ1n) is 2.46. The van der Waals surface area contributed by atoms with Crippen molar-refractivity contribution in [2.45, 2.75) is 0 Å². The van der Waals surface area contributed by atoms with Gasteiger partial charge in [0.25, 0.3) is 0 Å². The average Bonchev–Trinajstić information content (AvgIpc) is 1.90. The van der Waals surface area contributed by atoms with E-state index in [1.54, 1.807) is 0 Å². The van der Waals surface area contributed by atoms with Crippen LogP contribution in [0.4, 0.5) is 4.79 Å². The van der Waals surface area contributed by atoms with Crippen LogP contribution in [0.15, 0.2) is 17.4 Å². The molecule has 0 atom stereocenters. The van der Waals surface area contributed by atoms with Crippen molar-refractivity contribution in [1.82, 2.24) is 4.90 Å². The van der Waals surface area contributed by atoms with Gasteiger partial charge in [0.1, 0.15) is 6.09 Å². The molecule has 5 heteroatoms. The molecule has 1 aliphatic rings. The van der Waals surface area contributed by atoms with Gasteiger partial charge in [0.2, 0.25) is 0 Å². The second kappa shape index (κ2) is 4.49. The number of nitrogens with zero attached hydrogens (tertiary/aromatic N) is 2. The third-order valence-corrected chi connectivity index (χ3v) is 0.951. The molecule has 0 N–H and O–H groups in total. The molecule has 1 heterocycles. The molecule has 0 aliphatic carbocycles. The Hall–Kier alpha value is -0.320. The molecule has 0 saturated heterocycles. The second-order valence-corrected chi connectivity index (χ2v) is 1.55. The zero-order chi connectivity index (χ0) is 6.69. The summed E-state index contributed by atoms with van der Waals surface area (Å²) < 4.78 is 0. The number of carbonyl (C=O) groups excluding carboxylic acids is 1. The normalized spacial score (nSPS) is 14.6. The van der Waals surface area contributed by atoms with Gasteiger partial charge < -0.3 is 14.8 Å². The quantitative estimate of drug-likeness (QED) is 0.331. The van der Waals surface area contributed by atoms with Crippen LogP contribution in [-0.4, -0.2) is 23.8 Å². The van der Waals surface area contributed by atoms with Gasteiger partial charge in [-0.25, -0.2) is 0 Å². The zero-order valence-corrected chi connectivity index (χ0v) is 7.65. The standard InChI is InChI=1S/C5H6N2O2.Na/c8-5(9)7-3-1-6-2-4-7;/h1-3H,4H2,(H,8,9);/q;+1/p-1. The molecule has 48 valence electrons. The summed E-state index contributed by atoms with van der Waals surface area (Å²) in [5.41, 5.74) is 0. The van der Waals surface area contributed by atoms with Crippen LogP contribution in [0.25, 0.3) is 0 Å². The molecule has 1 aliphatic heterocycles. The Labute approximate surface area is 80.5 Å². The van der Waals surface area contributed by atoms with Crippen LogP contribution in [0, 0.1) is 0 Å². The number of amides is 1. The molecule has 0 aromatic rings. The van der Waals surface area contributed by atoms with Gasteiger partial charge in [-0.05, 0) is 0 Å². The Morgan fingerprint density at radius 2 is 2.40 bits per heavy atom. The van der Waals surface area contributed by atoms with Crippen molar-refractivity contribution >= 4 is 12.3 Å². The first-order valence-corrected chi connectivity index (χ1v) is 2.46. The first-order chi connectivity index (χ1) is 4.30. The molecule has 10 heavy (non-hydrogen) atoms. The van der Waals surface area contributed by atoms with Gasteiger partial charge in [0.05, 0.1) is 6.54 Å². The maximum atomic E-state index is 10.1.